The Balaban J connectivity index is 1.50. The number of hydrogen-bond donors (Lipinski definition) is 0. The van der Waals surface area contributed by atoms with Gasteiger partial charge in [-0.25, -0.2) is 17.7 Å². The minimum Gasteiger partial charge on any atom is -0.337 e. The zero-order chi connectivity index (χ0) is 23.8. The predicted molar refractivity (Wildman–Crippen MR) is 130 cm³/mol. The van der Waals surface area contributed by atoms with Crippen molar-refractivity contribution in [3.8, 4) is 0 Å². The molecule has 0 bridgehead atoms. The van der Waals surface area contributed by atoms with Crippen LogP contribution in [-0.4, -0.2) is 83.8 Å². The zero-order valence-electron chi connectivity index (χ0n) is 20.3. The lowest BCUT2D eigenvalue weighted by atomic mass is 10.0. The van der Waals surface area contributed by atoms with Gasteiger partial charge in [0.05, 0.1) is 15.9 Å². The van der Waals surface area contributed by atoms with Gasteiger partial charge in [0.25, 0.3) is 0 Å². The van der Waals surface area contributed by atoms with Crippen LogP contribution in [-0.2, 0) is 27.8 Å². The van der Waals surface area contributed by atoms with Crippen LogP contribution in [0.4, 0.5) is 0 Å². The van der Waals surface area contributed by atoms with Crippen LogP contribution < -0.4 is 0 Å². The highest BCUT2D eigenvalue weighted by Crippen LogP contribution is 2.33. The molecule has 2 fully saturated rings. The number of aromatic nitrogens is 2. The predicted octanol–water partition coefficient (Wildman–Crippen LogP) is 2.71. The normalized spacial score (nSPS) is 18.3. The number of carbonyl (C=O) groups excluding carboxylic acids is 1. The first-order valence-electron chi connectivity index (χ1n) is 12.2. The van der Waals surface area contributed by atoms with Crippen LogP contribution in [0.5, 0.6) is 0 Å². The molecule has 1 amide bonds. The van der Waals surface area contributed by atoms with E-state index in [2.05, 4.69) is 28.2 Å². The number of benzene rings is 1. The van der Waals surface area contributed by atoms with Gasteiger partial charge in [-0.15, -0.1) is 0 Å². The van der Waals surface area contributed by atoms with Gasteiger partial charge in [0.1, 0.15) is 5.82 Å². The number of amides is 1. The highest BCUT2D eigenvalue weighted by atomic mass is 32.2. The first kappa shape index (κ1) is 24.2. The van der Waals surface area contributed by atoms with E-state index in [1.165, 1.54) is 18.4 Å². The molecule has 8 nitrogen and oxygen atoms in total. The van der Waals surface area contributed by atoms with E-state index in [9.17, 15) is 13.2 Å². The number of aryl methyl sites for hydroxylation is 2. The summed E-state index contributed by atoms with van der Waals surface area (Å²) in [4.78, 5) is 22.9. The van der Waals surface area contributed by atoms with E-state index in [1.54, 1.807) is 12.1 Å². The molecule has 182 valence electrons. The Bertz CT molecular complexity index is 1100. The molecular weight excluding hydrogens is 438 g/mol. The van der Waals surface area contributed by atoms with Crippen LogP contribution in [0.15, 0.2) is 23.1 Å². The number of hydrogen-bond acceptors (Lipinski definition) is 5. The van der Waals surface area contributed by atoms with Crippen LogP contribution in [0.3, 0.4) is 0 Å². The molecule has 1 saturated carbocycles. The fourth-order valence-corrected chi connectivity index (χ4v) is 5.92. The fraction of sp³-hybridized carbons (Fsp3) is 0.667. The molecule has 9 heteroatoms. The molecule has 1 aliphatic carbocycles. The first-order chi connectivity index (χ1) is 15.8. The number of carbonyl (C=O) groups is 1. The summed E-state index contributed by atoms with van der Waals surface area (Å²) in [5.74, 6) is 1.08. The van der Waals surface area contributed by atoms with Crippen molar-refractivity contribution >= 4 is 27.0 Å². The molecule has 4 rings (SSSR count). The van der Waals surface area contributed by atoms with Crippen molar-refractivity contribution in [1.29, 1.82) is 0 Å². The maximum absolute atomic E-state index is 13.3. The van der Waals surface area contributed by atoms with E-state index in [-0.39, 0.29) is 10.8 Å². The largest absolute Gasteiger partial charge is 0.337 e. The lowest BCUT2D eigenvalue weighted by Gasteiger charge is -2.38. The van der Waals surface area contributed by atoms with Gasteiger partial charge in [-0.3, -0.25) is 4.79 Å². The zero-order valence-corrected chi connectivity index (χ0v) is 21.1. The molecule has 0 N–H and O–H groups in total. The third kappa shape index (κ3) is 4.95. The van der Waals surface area contributed by atoms with Gasteiger partial charge in [-0.05, 0) is 57.4 Å². The smallest absolute Gasteiger partial charge is 0.242 e. The maximum Gasteiger partial charge on any atom is 0.242 e. The van der Waals surface area contributed by atoms with E-state index >= 15 is 0 Å². The number of piperidine rings is 1. The van der Waals surface area contributed by atoms with Crippen LogP contribution in [0, 0.1) is 0 Å². The summed E-state index contributed by atoms with van der Waals surface area (Å²) >= 11 is 0. The number of rotatable bonds is 9. The van der Waals surface area contributed by atoms with Crippen molar-refractivity contribution in [3.63, 3.8) is 0 Å². The molecule has 1 aliphatic heterocycles. The van der Waals surface area contributed by atoms with Crippen LogP contribution in [0.1, 0.15) is 51.8 Å². The van der Waals surface area contributed by atoms with Gasteiger partial charge in [0.15, 0.2) is 0 Å². The summed E-state index contributed by atoms with van der Waals surface area (Å²) < 4.78 is 28.4. The van der Waals surface area contributed by atoms with E-state index in [1.807, 2.05) is 6.07 Å². The number of nitrogens with zero attached hydrogens (tertiary/aromatic N) is 5. The Morgan fingerprint density at radius 1 is 1.06 bits per heavy atom. The van der Waals surface area contributed by atoms with Crippen molar-refractivity contribution in [2.75, 3.05) is 33.7 Å². The van der Waals surface area contributed by atoms with Gasteiger partial charge in [-0.2, -0.15) is 0 Å². The Morgan fingerprint density at radius 3 is 2.30 bits per heavy atom. The summed E-state index contributed by atoms with van der Waals surface area (Å²) in [6.07, 6.45) is 5.37. The summed E-state index contributed by atoms with van der Waals surface area (Å²) in [5, 5.41) is 0. The highest BCUT2D eigenvalue weighted by Gasteiger charge is 2.38. The van der Waals surface area contributed by atoms with Gasteiger partial charge in [0, 0.05) is 58.7 Å². The quantitative estimate of drug-likeness (QED) is 0.557. The standard InChI is InChI=1S/C24H37N5O3S/c1-5-27-15-13-19(14-16-27)29(18-7-8-18)24(30)12-11-23-25-21-17-20(33(31,32)26(3)4)9-10-22(21)28(23)6-2/h9-10,17-19H,5-8,11-16H2,1-4H3. The average molecular weight is 476 g/mol. The second kappa shape index (κ2) is 9.72. The van der Waals surface area contributed by atoms with E-state index in [0.717, 1.165) is 63.2 Å². The van der Waals surface area contributed by atoms with Crippen molar-refractivity contribution in [3.05, 3.63) is 24.0 Å². The van der Waals surface area contributed by atoms with E-state index < -0.39 is 10.0 Å². The minimum absolute atomic E-state index is 0.234. The van der Waals surface area contributed by atoms with Crippen molar-refractivity contribution < 1.29 is 13.2 Å². The van der Waals surface area contributed by atoms with Crippen LogP contribution in [0.25, 0.3) is 11.0 Å². The first-order valence-corrected chi connectivity index (χ1v) is 13.7. The molecule has 2 heterocycles. The lowest BCUT2D eigenvalue weighted by Crippen LogP contribution is -2.48. The molecule has 2 aromatic rings. The van der Waals surface area contributed by atoms with Gasteiger partial charge >= 0.3 is 0 Å². The Kier molecular flexibility index (Phi) is 7.12. The van der Waals surface area contributed by atoms with Gasteiger partial charge in [-0.1, -0.05) is 6.92 Å². The molecule has 0 spiro atoms. The summed E-state index contributed by atoms with van der Waals surface area (Å²) in [5.41, 5.74) is 1.57. The monoisotopic (exact) mass is 475 g/mol. The third-order valence-corrected chi connectivity index (χ3v) is 8.89. The van der Waals surface area contributed by atoms with Crippen molar-refractivity contribution in [2.24, 2.45) is 0 Å². The second-order valence-electron chi connectivity index (χ2n) is 9.41. The molecule has 1 aromatic carbocycles. The third-order valence-electron chi connectivity index (χ3n) is 7.08. The molecule has 0 radical (unpaired) electrons. The Morgan fingerprint density at radius 2 is 1.73 bits per heavy atom. The number of imidazole rings is 1. The molecule has 1 aromatic heterocycles. The molecule has 33 heavy (non-hydrogen) atoms. The topological polar surface area (TPSA) is 78.8 Å². The Labute approximate surface area is 197 Å². The number of sulfonamides is 1. The molecular formula is C24H37N5O3S. The average Bonchev–Trinajstić information content (AvgIpc) is 3.57. The summed E-state index contributed by atoms with van der Waals surface area (Å²) in [6.45, 7) is 8.19. The maximum atomic E-state index is 13.3. The van der Waals surface area contributed by atoms with Crippen LogP contribution in [0.2, 0.25) is 0 Å². The Hall–Kier alpha value is -1.97. The minimum atomic E-state index is -3.52. The lowest BCUT2D eigenvalue weighted by molar-refractivity contribution is -0.135. The molecule has 1 saturated heterocycles. The number of fused-ring (bicyclic) bond motifs is 1. The molecule has 2 aliphatic rings. The van der Waals surface area contributed by atoms with Crippen molar-refractivity contribution in [2.45, 2.75) is 75.9 Å². The second-order valence-corrected chi connectivity index (χ2v) is 11.6. The summed E-state index contributed by atoms with van der Waals surface area (Å²) in [6, 6.07) is 5.87. The number of likely N-dealkylation sites (tertiary alicyclic amines) is 1. The van der Waals surface area contributed by atoms with Crippen LogP contribution >= 0.6 is 0 Å². The highest BCUT2D eigenvalue weighted by molar-refractivity contribution is 7.89. The van der Waals surface area contributed by atoms with E-state index in [0.29, 0.717) is 30.4 Å². The SMILES string of the molecule is CCN1CCC(N(C(=O)CCc2nc3cc(S(=O)(=O)N(C)C)ccc3n2CC)C2CC2)CC1. The molecule has 0 atom stereocenters. The van der Waals surface area contributed by atoms with E-state index in [4.69, 9.17) is 4.98 Å². The summed E-state index contributed by atoms with van der Waals surface area (Å²) in [7, 11) is -0.463. The fourth-order valence-electron chi connectivity index (χ4n) is 4.99. The molecule has 0 unspecified atom stereocenters. The van der Waals surface area contributed by atoms with Gasteiger partial charge in [0.2, 0.25) is 15.9 Å². The van der Waals surface area contributed by atoms with Crippen molar-refractivity contribution in [1.82, 2.24) is 23.7 Å². The van der Waals surface area contributed by atoms with Gasteiger partial charge < -0.3 is 14.4 Å².